The fourth-order valence-electron chi connectivity index (χ4n) is 5.07. The van der Waals surface area contributed by atoms with Crippen LogP contribution in [0.15, 0.2) is 79.1 Å². The van der Waals surface area contributed by atoms with Gasteiger partial charge in [0.2, 0.25) is 5.91 Å². The highest BCUT2D eigenvalue weighted by Gasteiger charge is 2.26. The van der Waals surface area contributed by atoms with Gasteiger partial charge in [-0.1, -0.05) is 18.2 Å². The number of alkyl carbamates (subject to hydrolysis) is 1. The number of fused-ring (bicyclic) bond motifs is 2. The van der Waals surface area contributed by atoms with Crippen molar-refractivity contribution in [3.05, 3.63) is 95.8 Å². The molecule has 0 bridgehead atoms. The SMILES string of the molecule is CCOC(=O)c1ccc(-n2cc(C(=O)O)c3cc(NC(=O)[C@H](Cc4c[nH]c5ccccc45)NC(=O)OC(C)(C)C)ccc32)cc1. The maximum atomic E-state index is 13.6. The monoisotopic (exact) mass is 610 g/mol. The van der Waals surface area contributed by atoms with E-state index in [1.54, 1.807) is 80.9 Å². The van der Waals surface area contributed by atoms with Crippen molar-refractivity contribution in [2.45, 2.75) is 45.8 Å². The van der Waals surface area contributed by atoms with Crippen molar-refractivity contribution in [3.63, 3.8) is 0 Å². The molecule has 5 rings (SSSR count). The number of esters is 1. The van der Waals surface area contributed by atoms with Gasteiger partial charge in [0, 0.05) is 46.5 Å². The summed E-state index contributed by atoms with van der Waals surface area (Å²) in [6, 6.07) is 18.2. The van der Waals surface area contributed by atoms with Crippen molar-refractivity contribution in [3.8, 4) is 5.69 Å². The van der Waals surface area contributed by atoms with Crippen molar-refractivity contribution in [1.29, 1.82) is 0 Å². The number of nitrogens with zero attached hydrogens (tertiary/aromatic N) is 1. The van der Waals surface area contributed by atoms with Gasteiger partial charge in [-0.25, -0.2) is 14.4 Å². The maximum absolute atomic E-state index is 13.6. The van der Waals surface area contributed by atoms with E-state index in [0.29, 0.717) is 27.8 Å². The van der Waals surface area contributed by atoms with Crippen molar-refractivity contribution in [2.24, 2.45) is 0 Å². The number of aromatic amines is 1. The van der Waals surface area contributed by atoms with Crippen molar-refractivity contribution in [2.75, 3.05) is 11.9 Å². The summed E-state index contributed by atoms with van der Waals surface area (Å²) in [5.74, 6) is -2.09. The molecule has 0 aliphatic rings. The van der Waals surface area contributed by atoms with Gasteiger partial charge in [-0.2, -0.15) is 0 Å². The highest BCUT2D eigenvalue weighted by Crippen LogP contribution is 2.29. The molecule has 4 N–H and O–H groups in total. The number of carboxylic acid groups (broad SMARTS) is 1. The lowest BCUT2D eigenvalue weighted by Gasteiger charge is -2.23. The van der Waals surface area contributed by atoms with Crippen LogP contribution in [0.25, 0.3) is 27.5 Å². The normalized spacial score (nSPS) is 12.1. The third kappa shape index (κ3) is 6.98. The maximum Gasteiger partial charge on any atom is 0.408 e. The first-order valence-corrected chi connectivity index (χ1v) is 14.4. The molecule has 232 valence electrons. The Morgan fingerprint density at radius 3 is 2.40 bits per heavy atom. The summed E-state index contributed by atoms with van der Waals surface area (Å²) in [4.78, 5) is 53.8. The van der Waals surface area contributed by atoms with Crippen LogP contribution < -0.4 is 10.6 Å². The van der Waals surface area contributed by atoms with Crippen LogP contribution in [0.3, 0.4) is 0 Å². The van der Waals surface area contributed by atoms with Gasteiger partial charge >= 0.3 is 18.0 Å². The number of aromatic nitrogens is 2. The average Bonchev–Trinajstić information content (AvgIpc) is 3.57. The van der Waals surface area contributed by atoms with Gasteiger partial charge in [-0.15, -0.1) is 0 Å². The predicted molar refractivity (Wildman–Crippen MR) is 170 cm³/mol. The number of benzene rings is 3. The largest absolute Gasteiger partial charge is 0.478 e. The number of carbonyl (C=O) groups excluding carboxylic acids is 3. The molecule has 0 aliphatic heterocycles. The Kier molecular flexibility index (Phi) is 8.62. The number of ether oxygens (including phenoxy) is 2. The predicted octanol–water partition coefficient (Wildman–Crippen LogP) is 6.06. The number of nitrogens with one attached hydrogen (secondary N) is 3. The van der Waals surface area contributed by atoms with Crippen LogP contribution in [-0.2, 0) is 20.7 Å². The number of carboxylic acids is 1. The average molecular weight is 611 g/mol. The molecule has 45 heavy (non-hydrogen) atoms. The number of aromatic carboxylic acids is 1. The minimum atomic E-state index is -1.14. The molecule has 11 nitrogen and oxygen atoms in total. The topological polar surface area (TPSA) is 152 Å². The molecule has 0 spiro atoms. The summed E-state index contributed by atoms with van der Waals surface area (Å²) < 4.78 is 12.2. The molecule has 0 saturated carbocycles. The lowest BCUT2D eigenvalue weighted by atomic mass is 10.0. The lowest BCUT2D eigenvalue weighted by molar-refractivity contribution is -0.118. The second-order valence-electron chi connectivity index (χ2n) is 11.5. The second-order valence-corrected chi connectivity index (χ2v) is 11.5. The van der Waals surface area contributed by atoms with E-state index in [9.17, 15) is 24.3 Å². The molecule has 1 atom stereocenters. The molecular formula is C34H34N4O7. The van der Waals surface area contributed by atoms with E-state index in [1.807, 2.05) is 24.3 Å². The summed E-state index contributed by atoms with van der Waals surface area (Å²) in [5.41, 5.74) is 2.93. The molecule has 2 aromatic heterocycles. The molecular weight excluding hydrogens is 576 g/mol. The minimum Gasteiger partial charge on any atom is -0.478 e. The van der Waals surface area contributed by atoms with Crippen LogP contribution in [0.5, 0.6) is 0 Å². The first-order chi connectivity index (χ1) is 21.4. The van der Waals surface area contributed by atoms with Crippen LogP contribution in [0.2, 0.25) is 0 Å². The van der Waals surface area contributed by atoms with Gasteiger partial charge in [0.05, 0.1) is 23.3 Å². The summed E-state index contributed by atoms with van der Waals surface area (Å²) >= 11 is 0. The van der Waals surface area contributed by atoms with E-state index in [4.69, 9.17) is 9.47 Å². The molecule has 0 unspecified atom stereocenters. The number of hydrogen-bond donors (Lipinski definition) is 4. The zero-order chi connectivity index (χ0) is 32.3. The molecule has 3 aromatic carbocycles. The third-order valence-electron chi connectivity index (χ3n) is 7.07. The van der Waals surface area contributed by atoms with Crippen LogP contribution in [0.4, 0.5) is 10.5 Å². The minimum absolute atomic E-state index is 0.0257. The van der Waals surface area contributed by atoms with Gasteiger partial charge < -0.3 is 34.8 Å². The van der Waals surface area contributed by atoms with E-state index >= 15 is 0 Å². The molecule has 0 saturated heterocycles. The van der Waals surface area contributed by atoms with Gasteiger partial charge in [0.15, 0.2) is 0 Å². The smallest absolute Gasteiger partial charge is 0.408 e. The number of amides is 2. The Hall–Kier alpha value is -5.58. The van der Waals surface area contributed by atoms with Crippen LogP contribution in [-0.4, -0.2) is 56.8 Å². The molecule has 11 heteroatoms. The number of hydrogen-bond acceptors (Lipinski definition) is 6. The Morgan fingerprint density at radius 1 is 0.978 bits per heavy atom. The van der Waals surface area contributed by atoms with Crippen molar-refractivity contribution in [1.82, 2.24) is 14.9 Å². The van der Waals surface area contributed by atoms with E-state index in [2.05, 4.69) is 15.6 Å². The van der Waals surface area contributed by atoms with Gasteiger partial charge in [0.25, 0.3) is 0 Å². The lowest BCUT2D eigenvalue weighted by Crippen LogP contribution is -2.47. The van der Waals surface area contributed by atoms with E-state index < -0.39 is 35.6 Å². The van der Waals surface area contributed by atoms with Crippen LogP contribution in [0, 0.1) is 0 Å². The number of H-pyrrole nitrogens is 1. The number of anilines is 1. The molecule has 0 radical (unpaired) electrons. The fraction of sp³-hybridized carbons (Fsp3) is 0.235. The summed E-state index contributed by atoms with van der Waals surface area (Å²) in [6.45, 7) is 7.18. The Labute approximate surface area is 259 Å². The van der Waals surface area contributed by atoms with Crippen LogP contribution in [0.1, 0.15) is 54.0 Å². The quantitative estimate of drug-likeness (QED) is 0.148. The molecule has 2 heterocycles. The Morgan fingerprint density at radius 2 is 1.71 bits per heavy atom. The second kappa shape index (κ2) is 12.6. The highest BCUT2D eigenvalue weighted by atomic mass is 16.6. The van der Waals surface area contributed by atoms with Crippen molar-refractivity contribution < 1.29 is 33.8 Å². The fourth-order valence-corrected chi connectivity index (χ4v) is 5.07. The molecule has 5 aromatic rings. The van der Waals surface area contributed by atoms with Gasteiger partial charge in [-0.05, 0) is 81.8 Å². The zero-order valence-electron chi connectivity index (χ0n) is 25.3. The van der Waals surface area contributed by atoms with E-state index in [1.165, 1.54) is 6.20 Å². The molecule has 0 aliphatic carbocycles. The van der Waals surface area contributed by atoms with Crippen LogP contribution >= 0.6 is 0 Å². The zero-order valence-corrected chi connectivity index (χ0v) is 25.3. The standard InChI is InChI=1S/C34H34N4O7/c1-5-44-32(42)20-10-13-23(14-11-20)38-19-26(31(40)41)25-17-22(12-15-29(25)38)36-30(39)28(37-33(43)45-34(2,3)4)16-21-18-35-27-9-7-6-8-24(21)27/h6-15,17-19,28,35H,5,16H2,1-4H3,(H,36,39)(H,37,43)(H,40,41)/t28-/m0/s1. The number of carbonyl (C=O) groups is 4. The molecule has 0 fully saturated rings. The summed E-state index contributed by atoms with van der Waals surface area (Å²) in [5, 5.41) is 16.8. The van der Waals surface area contributed by atoms with Gasteiger partial charge in [-0.3, -0.25) is 4.79 Å². The van der Waals surface area contributed by atoms with Gasteiger partial charge in [0.1, 0.15) is 11.6 Å². The van der Waals surface area contributed by atoms with E-state index in [0.717, 1.165) is 16.5 Å². The highest BCUT2D eigenvalue weighted by molar-refractivity contribution is 6.06. The first kappa shape index (κ1) is 30.9. The summed E-state index contributed by atoms with van der Waals surface area (Å²) in [6.07, 6.45) is 2.73. The summed E-state index contributed by atoms with van der Waals surface area (Å²) in [7, 11) is 0. The van der Waals surface area contributed by atoms with Crippen molar-refractivity contribution >= 4 is 51.4 Å². The Balaban J connectivity index is 1.44. The number of para-hydroxylation sites is 1. The van der Waals surface area contributed by atoms with E-state index in [-0.39, 0.29) is 18.6 Å². The first-order valence-electron chi connectivity index (χ1n) is 14.4. The number of rotatable bonds is 9. The third-order valence-corrected chi connectivity index (χ3v) is 7.07. The Bertz CT molecular complexity index is 1900. The molecule has 2 amide bonds.